The van der Waals surface area contributed by atoms with Crippen LogP contribution in [0.15, 0.2) is 6.07 Å². The third-order valence-electron chi connectivity index (χ3n) is 5.49. The first kappa shape index (κ1) is 20.8. The quantitative estimate of drug-likeness (QED) is 0.838. The summed E-state index contributed by atoms with van der Waals surface area (Å²) in [6, 6.07) is 2.36. The van der Waals surface area contributed by atoms with E-state index in [0.717, 1.165) is 75.8 Å². The molecule has 2 aliphatic rings. The largest absolute Gasteiger partial charge is 0.378 e. The van der Waals surface area contributed by atoms with E-state index in [-0.39, 0.29) is 12.1 Å². The average Bonchev–Trinajstić information content (AvgIpc) is 2.66. The van der Waals surface area contributed by atoms with Gasteiger partial charge in [0, 0.05) is 50.6 Å². The van der Waals surface area contributed by atoms with Gasteiger partial charge in [0.2, 0.25) is 0 Å². The van der Waals surface area contributed by atoms with Crippen molar-refractivity contribution in [2.45, 2.75) is 65.5 Å². The van der Waals surface area contributed by atoms with E-state index in [1.165, 1.54) is 0 Å². The maximum Gasteiger partial charge on any atom is 0.317 e. The third kappa shape index (κ3) is 5.80. The Bertz CT molecular complexity index is 630. The predicted octanol–water partition coefficient (Wildman–Crippen LogP) is 2.91. The number of hydrogen-bond donors (Lipinski definition) is 1. The van der Waals surface area contributed by atoms with Crippen LogP contribution in [0.3, 0.4) is 0 Å². The van der Waals surface area contributed by atoms with Crippen molar-refractivity contribution in [3.8, 4) is 0 Å². The standard InChI is InChI=1S/C21H35N5O2/c1-15(2)14-28-19-7-11-26(12-8-19)21(27)24-18-5-9-25(10-6-18)20-13-16(3)22-17(4)23-20/h13,15,18-19H,5-12,14H2,1-4H3,(H,24,27). The van der Waals surface area contributed by atoms with Crippen LogP contribution in [0.2, 0.25) is 0 Å². The van der Waals surface area contributed by atoms with E-state index in [9.17, 15) is 4.79 Å². The number of aryl methyl sites for hydroxylation is 2. The van der Waals surface area contributed by atoms with Gasteiger partial charge in [0.05, 0.1) is 6.10 Å². The van der Waals surface area contributed by atoms with Crippen LogP contribution in [-0.4, -0.2) is 65.8 Å². The lowest BCUT2D eigenvalue weighted by Gasteiger charge is -2.36. The Hall–Kier alpha value is -1.89. The molecule has 3 rings (SSSR count). The molecule has 1 aromatic rings. The number of urea groups is 1. The minimum absolute atomic E-state index is 0.0782. The number of carbonyl (C=O) groups excluding carboxylic acids is 1. The van der Waals surface area contributed by atoms with Gasteiger partial charge in [-0.3, -0.25) is 0 Å². The van der Waals surface area contributed by atoms with Gasteiger partial charge in [-0.1, -0.05) is 13.8 Å². The van der Waals surface area contributed by atoms with E-state index in [2.05, 4.69) is 34.0 Å². The van der Waals surface area contributed by atoms with Gasteiger partial charge in [0.15, 0.2) is 0 Å². The summed E-state index contributed by atoms with van der Waals surface area (Å²) in [5.74, 6) is 2.37. The number of carbonyl (C=O) groups is 1. The van der Waals surface area contributed by atoms with Crippen molar-refractivity contribution in [2.75, 3.05) is 37.7 Å². The predicted molar refractivity (Wildman–Crippen MR) is 111 cm³/mol. The van der Waals surface area contributed by atoms with Gasteiger partial charge in [-0.25, -0.2) is 14.8 Å². The molecule has 1 aromatic heterocycles. The van der Waals surface area contributed by atoms with Gasteiger partial charge in [0.1, 0.15) is 11.6 Å². The molecular formula is C21H35N5O2. The Morgan fingerprint density at radius 1 is 1.14 bits per heavy atom. The zero-order valence-corrected chi connectivity index (χ0v) is 17.8. The minimum Gasteiger partial charge on any atom is -0.378 e. The molecule has 1 N–H and O–H groups in total. The van der Waals surface area contributed by atoms with E-state index in [4.69, 9.17) is 4.74 Å². The molecule has 0 aliphatic carbocycles. The summed E-state index contributed by atoms with van der Waals surface area (Å²) in [7, 11) is 0. The number of amides is 2. The van der Waals surface area contributed by atoms with Crippen molar-refractivity contribution < 1.29 is 9.53 Å². The van der Waals surface area contributed by atoms with Gasteiger partial charge in [-0.05, 0) is 45.4 Å². The Kier molecular flexibility index (Phi) is 7.10. The Morgan fingerprint density at radius 3 is 2.43 bits per heavy atom. The molecule has 0 spiro atoms. The Morgan fingerprint density at radius 2 is 1.82 bits per heavy atom. The zero-order valence-electron chi connectivity index (χ0n) is 17.8. The van der Waals surface area contributed by atoms with Crippen LogP contribution in [-0.2, 0) is 4.74 Å². The molecule has 2 saturated heterocycles. The average molecular weight is 390 g/mol. The molecule has 7 heteroatoms. The molecule has 2 fully saturated rings. The molecule has 0 aromatic carbocycles. The molecule has 156 valence electrons. The van der Waals surface area contributed by atoms with Gasteiger partial charge < -0.3 is 19.9 Å². The highest BCUT2D eigenvalue weighted by Gasteiger charge is 2.27. The van der Waals surface area contributed by atoms with E-state index in [1.807, 2.05) is 24.8 Å². The molecule has 2 aliphatic heterocycles. The second-order valence-corrected chi connectivity index (χ2v) is 8.54. The van der Waals surface area contributed by atoms with Gasteiger partial charge >= 0.3 is 6.03 Å². The number of piperidine rings is 2. The van der Waals surface area contributed by atoms with Crippen molar-refractivity contribution in [3.63, 3.8) is 0 Å². The van der Waals surface area contributed by atoms with Gasteiger partial charge in [-0.2, -0.15) is 0 Å². The first-order chi connectivity index (χ1) is 13.4. The van der Waals surface area contributed by atoms with Crippen LogP contribution in [0, 0.1) is 19.8 Å². The Labute approximate surface area is 168 Å². The summed E-state index contributed by atoms with van der Waals surface area (Å²) in [4.78, 5) is 25.8. The van der Waals surface area contributed by atoms with Crippen molar-refractivity contribution >= 4 is 11.8 Å². The number of likely N-dealkylation sites (tertiary alicyclic amines) is 1. The normalized spacial score (nSPS) is 19.3. The first-order valence-corrected chi connectivity index (χ1v) is 10.6. The molecule has 0 atom stereocenters. The molecule has 28 heavy (non-hydrogen) atoms. The van der Waals surface area contributed by atoms with Crippen molar-refractivity contribution in [2.24, 2.45) is 5.92 Å². The van der Waals surface area contributed by atoms with Crippen LogP contribution in [0.4, 0.5) is 10.6 Å². The summed E-state index contributed by atoms with van der Waals surface area (Å²) in [6.07, 6.45) is 4.06. The summed E-state index contributed by atoms with van der Waals surface area (Å²) in [5.41, 5.74) is 0.999. The fraction of sp³-hybridized carbons (Fsp3) is 0.762. The van der Waals surface area contributed by atoms with Crippen LogP contribution < -0.4 is 10.2 Å². The Balaban J connectivity index is 1.40. The third-order valence-corrected chi connectivity index (χ3v) is 5.49. The molecule has 2 amide bonds. The van der Waals surface area contributed by atoms with Crippen LogP contribution >= 0.6 is 0 Å². The van der Waals surface area contributed by atoms with Crippen LogP contribution in [0.1, 0.15) is 51.0 Å². The number of ether oxygens (including phenoxy) is 1. The van der Waals surface area contributed by atoms with E-state index in [0.29, 0.717) is 12.0 Å². The zero-order chi connectivity index (χ0) is 20.1. The lowest BCUT2D eigenvalue weighted by atomic mass is 10.0. The topological polar surface area (TPSA) is 70.6 Å². The lowest BCUT2D eigenvalue weighted by Crippen LogP contribution is -2.51. The van der Waals surface area contributed by atoms with E-state index in [1.54, 1.807) is 0 Å². The fourth-order valence-corrected chi connectivity index (χ4v) is 3.93. The van der Waals surface area contributed by atoms with E-state index < -0.39 is 0 Å². The molecule has 0 saturated carbocycles. The fourth-order valence-electron chi connectivity index (χ4n) is 3.93. The summed E-state index contributed by atoms with van der Waals surface area (Å²) < 4.78 is 5.92. The van der Waals surface area contributed by atoms with E-state index >= 15 is 0 Å². The summed E-state index contributed by atoms with van der Waals surface area (Å²) in [6.45, 7) is 12.5. The number of anilines is 1. The minimum atomic E-state index is 0.0782. The number of nitrogens with zero attached hydrogens (tertiary/aromatic N) is 4. The second kappa shape index (κ2) is 9.54. The van der Waals surface area contributed by atoms with Crippen molar-refractivity contribution in [1.82, 2.24) is 20.2 Å². The highest BCUT2D eigenvalue weighted by Crippen LogP contribution is 2.20. The summed E-state index contributed by atoms with van der Waals surface area (Å²) >= 11 is 0. The number of nitrogens with one attached hydrogen (secondary N) is 1. The highest BCUT2D eigenvalue weighted by molar-refractivity contribution is 5.74. The van der Waals surface area contributed by atoms with Gasteiger partial charge in [0.25, 0.3) is 0 Å². The highest BCUT2D eigenvalue weighted by atomic mass is 16.5. The van der Waals surface area contributed by atoms with Crippen molar-refractivity contribution in [3.05, 3.63) is 17.6 Å². The SMILES string of the molecule is Cc1cc(N2CCC(NC(=O)N3CCC(OCC(C)C)CC3)CC2)nc(C)n1. The number of hydrogen-bond acceptors (Lipinski definition) is 5. The van der Waals surface area contributed by atoms with Crippen LogP contribution in [0.25, 0.3) is 0 Å². The molecule has 0 unspecified atom stereocenters. The molecule has 0 radical (unpaired) electrons. The maximum atomic E-state index is 12.6. The van der Waals surface area contributed by atoms with Crippen molar-refractivity contribution in [1.29, 1.82) is 0 Å². The molecule has 7 nitrogen and oxygen atoms in total. The molecular weight excluding hydrogens is 354 g/mol. The summed E-state index contributed by atoms with van der Waals surface area (Å²) in [5, 5.41) is 3.24. The monoisotopic (exact) mass is 389 g/mol. The van der Waals surface area contributed by atoms with Gasteiger partial charge in [-0.15, -0.1) is 0 Å². The second-order valence-electron chi connectivity index (χ2n) is 8.54. The number of aromatic nitrogens is 2. The maximum absolute atomic E-state index is 12.6. The first-order valence-electron chi connectivity index (χ1n) is 10.6. The molecule has 3 heterocycles. The number of rotatable bonds is 5. The smallest absolute Gasteiger partial charge is 0.317 e. The lowest BCUT2D eigenvalue weighted by molar-refractivity contribution is 0.00192. The van der Waals surface area contributed by atoms with Crippen LogP contribution in [0.5, 0.6) is 0 Å². The molecule has 0 bridgehead atoms.